The number of hydrogen-bond acceptors (Lipinski definition) is 2. The zero-order valence-corrected chi connectivity index (χ0v) is 10.5. The maximum absolute atomic E-state index is 12.0. The van der Waals surface area contributed by atoms with Crippen molar-refractivity contribution in [1.29, 1.82) is 0 Å². The number of carbonyl (C=O) groups is 1. The van der Waals surface area contributed by atoms with Crippen molar-refractivity contribution in [3.05, 3.63) is 21.5 Å². The molecule has 0 saturated carbocycles. The lowest BCUT2D eigenvalue weighted by Gasteiger charge is -2.14. The molecule has 82 valence electrons. The first kappa shape index (κ1) is 10.9. The Morgan fingerprint density at radius 2 is 2.53 bits per heavy atom. The number of aromatic nitrogens is 1. The Bertz CT molecular complexity index is 363. The SMILES string of the molecule is NCC1CCN(C(=O)c2cc(I)c[nH]2)C1. The van der Waals surface area contributed by atoms with Gasteiger partial charge in [0.15, 0.2) is 0 Å². The molecule has 15 heavy (non-hydrogen) atoms. The van der Waals surface area contributed by atoms with Crippen LogP contribution < -0.4 is 5.73 Å². The van der Waals surface area contributed by atoms with Crippen LogP contribution in [0.5, 0.6) is 0 Å². The van der Waals surface area contributed by atoms with Gasteiger partial charge in [-0.05, 0) is 47.5 Å². The molecular weight excluding hydrogens is 305 g/mol. The third-order valence-corrected chi connectivity index (χ3v) is 3.41. The lowest BCUT2D eigenvalue weighted by molar-refractivity contribution is 0.0782. The number of H-pyrrole nitrogens is 1. The second-order valence-electron chi connectivity index (χ2n) is 3.87. The van der Waals surface area contributed by atoms with Crippen LogP contribution in [0.15, 0.2) is 12.3 Å². The van der Waals surface area contributed by atoms with Crippen molar-refractivity contribution in [2.75, 3.05) is 19.6 Å². The fourth-order valence-electron chi connectivity index (χ4n) is 1.87. The van der Waals surface area contributed by atoms with Gasteiger partial charge in [-0.2, -0.15) is 0 Å². The van der Waals surface area contributed by atoms with Gasteiger partial charge in [-0.3, -0.25) is 4.79 Å². The maximum Gasteiger partial charge on any atom is 0.270 e. The predicted molar refractivity (Wildman–Crippen MR) is 66.6 cm³/mol. The van der Waals surface area contributed by atoms with E-state index in [2.05, 4.69) is 27.6 Å². The lowest BCUT2D eigenvalue weighted by atomic mass is 10.1. The van der Waals surface area contributed by atoms with Gasteiger partial charge in [0.1, 0.15) is 5.69 Å². The van der Waals surface area contributed by atoms with E-state index >= 15 is 0 Å². The smallest absolute Gasteiger partial charge is 0.270 e. The molecule has 1 unspecified atom stereocenters. The summed E-state index contributed by atoms with van der Waals surface area (Å²) < 4.78 is 1.06. The molecule has 2 heterocycles. The molecule has 0 radical (unpaired) electrons. The molecule has 1 aliphatic heterocycles. The Morgan fingerprint density at radius 1 is 1.73 bits per heavy atom. The molecular formula is C10H14IN3O. The highest BCUT2D eigenvalue weighted by Gasteiger charge is 2.26. The summed E-state index contributed by atoms with van der Waals surface area (Å²) in [4.78, 5) is 16.8. The number of rotatable bonds is 2. The van der Waals surface area contributed by atoms with E-state index in [0.717, 1.165) is 23.1 Å². The number of amides is 1. The third kappa shape index (κ3) is 2.34. The number of halogens is 1. The van der Waals surface area contributed by atoms with E-state index in [-0.39, 0.29) is 5.91 Å². The van der Waals surface area contributed by atoms with E-state index in [4.69, 9.17) is 5.73 Å². The van der Waals surface area contributed by atoms with Crippen molar-refractivity contribution >= 4 is 28.5 Å². The number of hydrogen-bond donors (Lipinski definition) is 2. The Kier molecular flexibility index (Phi) is 3.30. The Balaban J connectivity index is 2.03. The van der Waals surface area contributed by atoms with Crippen molar-refractivity contribution in [1.82, 2.24) is 9.88 Å². The van der Waals surface area contributed by atoms with Gasteiger partial charge in [-0.25, -0.2) is 0 Å². The quantitative estimate of drug-likeness (QED) is 0.800. The van der Waals surface area contributed by atoms with Crippen LogP contribution in [-0.2, 0) is 0 Å². The first-order valence-electron chi connectivity index (χ1n) is 5.04. The fraction of sp³-hybridized carbons (Fsp3) is 0.500. The van der Waals surface area contributed by atoms with E-state index in [1.807, 2.05) is 17.2 Å². The van der Waals surface area contributed by atoms with Gasteiger partial charge in [0.25, 0.3) is 5.91 Å². The van der Waals surface area contributed by atoms with Crippen LogP contribution in [-0.4, -0.2) is 35.4 Å². The van der Waals surface area contributed by atoms with E-state index < -0.39 is 0 Å². The van der Waals surface area contributed by atoms with Crippen LogP contribution in [0.4, 0.5) is 0 Å². The first-order valence-corrected chi connectivity index (χ1v) is 6.12. The van der Waals surface area contributed by atoms with Crippen LogP contribution in [0.3, 0.4) is 0 Å². The highest BCUT2D eigenvalue weighted by molar-refractivity contribution is 14.1. The Labute approximate surface area is 102 Å². The normalized spacial score (nSPS) is 20.9. The van der Waals surface area contributed by atoms with Crippen molar-refractivity contribution < 1.29 is 4.79 Å². The highest BCUT2D eigenvalue weighted by atomic mass is 127. The third-order valence-electron chi connectivity index (χ3n) is 2.78. The Hall–Kier alpha value is -0.560. The number of likely N-dealkylation sites (tertiary alicyclic amines) is 1. The molecule has 1 saturated heterocycles. The van der Waals surface area contributed by atoms with Crippen LogP contribution in [0, 0.1) is 9.49 Å². The van der Waals surface area contributed by atoms with E-state index in [0.29, 0.717) is 18.2 Å². The summed E-state index contributed by atoms with van der Waals surface area (Å²) in [6, 6.07) is 1.87. The second-order valence-corrected chi connectivity index (χ2v) is 5.12. The van der Waals surface area contributed by atoms with Crippen molar-refractivity contribution in [2.24, 2.45) is 11.7 Å². The van der Waals surface area contributed by atoms with Crippen LogP contribution in [0.2, 0.25) is 0 Å². The summed E-state index contributed by atoms with van der Waals surface area (Å²) in [6.45, 7) is 2.30. The standard InChI is InChI=1S/C10H14IN3O/c11-8-3-9(13-5-8)10(15)14-2-1-7(4-12)6-14/h3,5,7,13H,1-2,4,6,12H2. The van der Waals surface area contributed by atoms with E-state index in [1.54, 1.807) is 0 Å². The molecule has 5 heteroatoms. The largest absolute Gasteiger partial charge is 0.356 e. The molecule has 4 nitrogen and oxygen atoms in total. The summed E-state index contributed by atoms with van der Waals surface area (Å²) in [5, 5.41) is 0. The molecule has 1 aromatic rings. The lowest BCUT2D eigenvalue weighted by Crippen LogP contribution is -2.30. The number of aromatic amines is 1. The number of nitrogens with zero attached hydrogens (tertiary/aromatic N) is 1. The van der Waals surface area contributed by atoms with Gasteiger partial charge in [0.05, 0.1) is 0 Å². The molecule has 1 atom stereocenters. The van der Waals surface area contributed by atoms with Gasteiger partial charge in [-0.15, -0.1) is 0 Å². The number of nitrogens with one attached hydrogen (secondary N) is 1. The minimum Gasteiger partial charge on any atom is -0.356 e. The predicted octanol–water partition coefficient (Wildman–Crippen LogP) is 1.04. The van der Waals surface area contributed by atoms with Gasteiger partial charge < -0.3 is 15.6 Å². The minimum atomic E-state index is 0.0915. The topological polar surface area (TPSA) is 62.1 Å². The molecule has 0 spiro atoms. The molecule has 0 aliphatic carbocycles. The van der Waals surface area contributed by atoms with Gasteiger partial charge >= 0.3 is 0 Å². The zero-order valence-electron chi connectivity index (χ0n) is 8.37. The second kappa shape index (κ2) is 4.52. The van der Waals surface area contributed by atoms with Crippen molar-refractivity contribution in [2.45, 2.75) is 6.42 Å². The van der Waals surface area contributed by atoms with Crippen LogP contribution in [0.1, 0.15) is 16.9 Å². The first-order chi connectivity index (χ1) is 7.20. The summed E-state index contributed by atoms with van der Waals surface area (Å²) in [5.41, 5.74) is 6.27. The number of nitrogens with two attached hydrogens (primary N) is 1. The van der Waals surface area contributed by atoms with Crippen molar-refractivity contribution in [3.63, 3.8) is 0 Å². The fourth-order valence-corrected chi connectivity index (χ4v) is 2.34. The molecule has 3 N–H and O–H groups in total. The molecule has 0 aromatic carbocycles. The maximum atomic E-state index is 12.0. The molecule has 0 bridgehead atoms. The molecule has 1 aliphatic rings. The van der Waals surface area contributed by atoms with Crippen LogP contribution in [0.25, 0.3) is 0 Å². The summed E-state index contributed by atoms with van der Waals surface area (Å²) in [7, 11) is 0. The summed E-state index contributed by atoms with van der Waals surface area (Å²) >= 11 is 2.19. The van der Waals surface area contributed by atoms with E-state index in [1.165, 1.54) is 0 Å². The number of carbonyl (C=O) groups excluding carboxylic acids is 1. The van der Waals surface area contributed by atoms with Crippen molar-refractivity contribution in [3.8, 4) is 0 Å². The van der Waals surface area contributed by atoms with Crippen LogP contribution >= 0.6 is 22.6 Å². The monoisotopic (exact) mass is 319 g/mol. The van der Waals surface area contributed by atoms with Gasteiger partial charge in [0.2, 0.25) is 0 Å². The Morgan fingerprint density at radius 3 is 3.07 bits per heavy atom. The molecule has 1 amide bonds. The average molecular weight is 319 g/mol. The molecule has 1 fully saturated rings. The zero-order chi connectivity index (χ0) is 10.8. The highest BCUT2D eigenvalue weighted by Crippen LogP contribution is 2.18. The molecule has 2 rings (SSSR count). The van der Waals surface area contributed by atoms with E-state index in [9.17, 15) is 4.79 Å². The molecule has 1 aromatic heterocycles. The minimum absolute atomic E-state index is 0.0915. The average Bonchev–Trinajstić information content (AvgIpc) is 2.84. The van der Waals surface area contributed by atoms with Gasteiger partial charge in [0, 0.05) is 22.9 Å². The summed E-state index contributed by atoms with van der Waals surface area (Å²) in [6.07, 6.45) is 2.87. The van der Waals surface area contributed by atoms with Gasteiger partial charge in [-0.1, -0.05) is 0 Å². The summed E-state index contributed by atoms with van der Waals surface area (Å²) in [5.74, 6) is 0.567.